The third-order valence-corrected chi connectivity index (χ3v) is 5.43. The molecule has 1 unspecified atom stereocenters. The minimum Gasteiger partial charge on any atom is -0.378 e. The topological polar surface area (TPSA) is 86.3 Å². The SMILES string of the molecule is CC(C(=O)N1CCOCC1)n1c(N)nnc1SCc1ccccc1Cl. The third-order valence-electron chi connectivity index (χ3n) is 4.07. The van der Waals surface area contributed by atoms with E-state index in [9.17, 15) is 4.79 Å². The Morgan fingerprint density at radius 1 is 1.36 bits per heavy atom. The number of carbonyl (C=O) groups excluding carboxylic acids is 1. The molecule has 134 valence electrons. The Hall–Kier alpha value is -1.77. The van der Waals surface area contributed by atoms with Crippen molar-refractivity contribution in [3.8, 4) is 0 Å². The number of ether oxygens (including phenoxy) is 1. The highest BCUT2D eigenvalue weighted by Crippen LogP contribution is 2.29. The van der Waals surface area contributed by atoms with E-state index in [4.69, 9.17) is 22.1 Å². The summed E-state index contributed by atoms with van der Waals surface area (Å²) in [6, 6.07) is 7.16. The van der Waals surface area contributed by atoms with E-state index in [1.807, 2.05) is 31.2 Å². The van der Waals surface area contributed by atoms with Gasteiger partial charge in [0.05, 0.1) is 13.2 Å². The zero-order chi connectivity index (χ0) is 17.8. The molecule has 1 saturated heterocycles. The molecule has 2 N–H and O–H groups in total. The van der Waals surface area contributed by atoms with Gasteiger partial charge in [-0.1, -0.05) is 41.6 Å². The number of hydrogen-bond donors (Lipinski definition) is 1. The van der Waals surface area contributed by atoms with Crippen LogP contribution in [0.3, 0.4) is 0 Å². The van der Waals surface area contributed by atoms with Crippen LogP contribution in [0, 0.1) is 0 Å². The van der Waals surface area contributed by atoms with Crippen molar-refractivity contribution in [2.45, 2.75) is 23.9 Å². The Bertz CT molecular complexity index is 748. The van der Waals surface area contributed by atoms with E-state index >= 15 is 0 Å². The fourth-order valence-corrected chi connectivity index (χ4v) is 3.97. The minimum absolute atomic E-state index is 0.00519. The van der Waals surface area contributed by atoms with E-state index in [-0.39, 0.29) is 11.9 Å². The summed E-state index contributed by atoms with van der Waals surface area (Å²) in [7, 11) is 0. The molecule has 0 radical (unpaired) electrons. The van der Waals surface area contributed by atoms with Crippen LogP contribution in [0.15, 0.2) is 29.4 Å². The van der Waals surface area contributed by atoms with Crippen molar-refractivity contribution >= 4 is 35.2 Å². The summed E-state index contributed by atoms with van der Waals surface area (Å²) in [6.45, 7) is 4.12. The van der Waals surface area contributed by atoms with Gasteiger partial charge in [-0.15, -0.1) is 10.2 Å². The number of rotatable bonds is 5. The van der Waals surface area contributed by atoms with Gasteiger partial charge in [0.15, 0.2) is 5.16 Å². The van der Waals surface area contributed by atoms with Gasteiger partial charge in [-0.3, -0.25) is 9.36 Å². The first-order chi connectivity index (χ1) is 12.1. The number of halogens is 1. The molecule has 1 aliphatic heterocycles. The predicted octanol–water partition coefficient (Wildman–Crippen LogP) is 2.23. The Labute approximate surface area is 155 Å². The summed E-state index contributed by atoms with van der Waals surface area (Å²) in [6.07, 6.45) is 0. The molecule has 1 atom stereocenters. The van der Waals surface area contributed by atoms with E-state index in [2.05, 4.69) is 10.2 Å². The maximum absolute atomic E-state index is 12.7. The Balaban J connectivity index is 1.74. The van der Waals surface area contributed by atoms with Gasteiger partial charge >= 0.3 is 0 Å². The van der Waals surface area contributed by atoms with Crippen LogP contribution in [0.1, 0.15) is 18.5 Å². The largest absolute Gasteiger partial charge is 0.378 e. The molecular weight excluding hydrogens is 362 g/mol. The quantitative estimate of drug-likeness (QED) is 0.799. The van der Waals surface area contributed by atoms with Crippen LogP contribution in [0.25, 0.3) is 0 Å². The van der Waals surface area contributed by atoms with E-state index in [1.165, 1.54) is 11.8 Å². The van der Waals surface area contributed by atoms with E-state index in [0.29, 0.717) is 42.2 Å². The van der Waals surface area contributed by atoms with Crippen LogP contribution in [0.5, 0.6) is 0 Å². The van der Waals surface area contributed by atoms with Gasteiger partial charge in [0, 0.05) is 23.9 Å². The molecule has 0 aliphatic carbocycles. The van der Waals surface area contributed by atoms with Gasteiger partial charge in [0.2, 0.25) is 11.9 Å². The van der Waals surface area contributed by atoms with E-state index in [1.54, 1.807) is 9.47 Å². The second-order valence-corrected chi connectivity index (χ2v) is 7.05. The summed E-state index contributed by atoms with van der Waals surface area (Å²) < 4.78 is 6.98. The van der Waals surface area contributed by atoms with Crippen molar-refractivity contribution in [1.82, 2.24) is 19.7 Å². The van der Waals surface area contributed by atoms with Crippen LogP contribution in [0.4, 0.5) is 5.95 Å². The lowest BCUT2D eigenvalue weighted by atomic mass is 10.2. The van der Waals surface area contributed by atoms with Crippen molar-refractivity contribution in [1.29, 1.82) is 0 Å². The molecule has 25 heavy (non-hydrogen) atoms. The molecule has 0 spiro atoms. The summed E-state index contributed by atoms with van der Waals surface area (Å²) in [5.41, 5.74) is 6.96. The van der Waals surface area contributed by atoms with Gasteiger partial charge < -0.3 is 15.4 Å². The molecule has 1 aromatic carbocycles. The van der Waals surface area contributed by atoms with Crippen molar-refractivity contribution in [3.63, 3.8) is 0 Å². The number of carbonyl (C=O) groups is 1. The van der Waals surface area contributed by atoms with Crippen molar-refractivity contribution in [2.75, 3.05) is 32.0 Å². The summed E-state index contributed by atoms with van der Waals surface area (Å²) >= 11 is 7.65. The van der Waals surface area contributed by atoms with Gasteiger partial charge in [-0.25, -0.2) is 0 Å². The third kappa shape index (κ3) is 4.08. The van der Waals surface area contributed by atoms with Gasteiger partial charge in [0.25, 0.3) is 0 Å². The molecule has 7 nitrogen and oxygen atoms in total. The summed E-state index contributed by atoms with van der Waals surface area (Å²) in [5, 5.41) is 9.37. The van der Waals surface area contributed by atoms with Crippen molar-refractivity contribution in [2.24, 2.45) is 0 Å². The highest BCUT2D eigenvalue weighted by Gasteiger charge is 2.27. The molecule has 2 heterocycles. The van der Waals surface area contributed by atoms with Crippen LogP contribution < -0.4 is 5.73 Å². The molecule has 1 aromatic heterocycles. The number of nitrogens with two attached hydrogens (primary N) is 1. The fraction of sp³-hybridized carbons (Fsp3) is 0.438. The number of morpholine rings is 1. The second-order valence-electron chi connectivity index (χ2n) is 5.70. The van der Waals surface area contributed by atoms with Crippen LogP contribution in [-0.4, -0.2) is 51.9 Å². The van der Waals surface area contributed by atoms with Crippen molar-refractivity contribution in [3.05, 3.63) is 34.9 Å². The molecule has 2 aromatic rings. The number of anilines is 1. The molecule has 0 saturated carbocycles. The summed E-state index contributed by atoms with van der Waals surface area (Å²) in [4.78, 5) is 14.5. The molecule has 1 amide bonds. The number of hydrogen-bond acceptors (Lipinski definition) is 6. The maximum Gasteiger partial charge on any atom is 0.245 e. The van der Waals surface area contributed by atoms with Crippen LogP contribution in [0.2, 0.25) is 5.02 Å². The second kappa shape index (κ2) is 8.07. The van der Waals surface area contributed by atoms with E-state index in [0.717, 1.165) is 5.56 Å². The molecule has 9 heteroatoms. The highest BCUT2D eigenvalue weighted by atomic mass is 35.5. The standard InChI is InChI=1S/C16H20ClN5O2S/c1-11(14(23)21-6-8-24-9-7-21)22-15(18)19-20-16(22)25-10-12-4-2-3-5-13(12)17/h2-5,11H,6-10H2,1H3,(H2,18,19). The fourth-order valence-electron chi connectivity index (χ4n) is 2.67. The molecule has 3 rings (SSSR count). The zero-order valence-corrected chi connectivity index (χ0v) is 15.5. The summed E-state index contributed by atoms with van der Waals surface area (Å²) in [5.74, 6) is 0.848. The number of thioether (sulfide) groups is 1. The van der Waals surface area contributed by atoms with Gasteiger partial charge in [-0.2, -0.15) is 0 Å². The number of nitrogens with zero attached hydrogens (tertiary/aromatic N) is 4. The number of aromatic nitrogens is 3. The van der Waals surface area contributed by atoms with E-state index < -0.39 is 6.04 Å². The van der Waals surface area contributed by atoms with Crippen molar-refractivity contribution < 1.29 is 9.53 Å². The molecule has 0 bridgehead atoms. The lowest BCUT2D eigenvalue weighted by molar-refractivity contribution is -0.138. The first-order valence-corrected chi connectivity index (χ1v) is 9.37. The van der Waals surface area contributed by atoms with Crippen LogP contribution in [-0.2, 0) is 15.3 Å². The monoisotopic (exact) mass is 381 g/mol. The minimum atomic E-state index is -0.471. The smallest absolute Gasteiger partial charge is 0.245 e. The number of amides is 1. The van der Waals surface area contributed by atoms with Gasteiger partial charge in [-0.05, 0) is 18.6 Å². The Morgan fingerprint density at radius 2 is 2.08 bits per heavy atom. The first kappa shape index (κ1) is 18.0. The predicted molar refractivity (Wildman–Crippen MR) is 97.6 cm³/mol. The lowest BCUT2D eigenvalue weighted by Crippen LogP contribution is -2.43. The Kier molecular flexibility index (Phi) is 5.82. The maximum atomic E-state index is 12.7. The zero-order valence-electron chi connectivity index (χ0n) is 13.9. The number of nitrogen functional groups attached to an aromatic ring is 1. The van der Waals surface area contributed by atoms with Crippen LogP contribution >= 0.6 is 23.4 Å². The Morgan fingerprint density at radius 3 is 2.80 bits per heavy atom. The molecule has 1 aliphatic rings. The number of benzene rings is 1. The molecule has 1 fully saturated rings. The lowest BCUT2D eigenvalue weighted by Gasteiger charge is -2.30. The highest BCUT2D eigenvalue weighted by molar-refractivity contribution is 7.98. The average Bonchev–Trinajstić information content (AvgIpc) is 3.01. The molecular formula is C16H20ClN5O2S. The average molecular weight is 382 g/mol. The van der Waals surface area contributed by atoms with Gasteiger partial charge in [0.1, 0.15) is 6.04 Å². The normalized spacial score (nSPS) is 16.0. The first-order valence-electron chi connectivity index (χ1n) is 8.01.